The average Bonchev–Trinajstić information content (AvgIpc) is 2.95. The zero-order valence-corrected chi connectivity index (χ0v) is 29.7. The van der Waals surface area contributed by atoms with Crippen molar-refractivity contribution in [1.82, 2.24) is 0 Å². The highest BCUT2D eigenvalue weighted by Gasteiger charge is 2.21. The van der Waals surface area contributed by atoms with E-state index in [9.17, 15) is 19.0 Å². The number of methoxy groups -OCH3 is 1. The number of esters is 2. The summed E-state index contributed by atoms with van der Waals surface area (Å²) < 4.78 is 38.5. The number of quaternary nitrogens is 1. The highest BCUT2D eigenvalue weighted by Crippen LogP contribution is 2.38. The first-order chi connectivity index (χ1) is 21.0. The van der Waals surface area contributed by atoms with Crippen molar-refractivity contribution in [2.24, 2.45) is 0 Å². The third-order valence-corrected chi connectivity index (χ3v) is 8.34. The number of carbonyl (C=O) groups excluding carboxylic acids is 2. The molecule has 0 N–H and O–H groups in total. The third-order valence-electron chi connectivity index (χ3n) is 7.37. The summed E-state index contributed by atoms with van der Waals surface area (Å²) in [5.41, 5.74) is 0. The van der Waals surface area contributed by atoms with Gasteiger partial charge in [0.05, 0.1) is 27.7 Å². The molecular weight excluding hydrogens is 585 g/mol. The maximum Gasteiger partial charge on any atom is 0.306 e. The van der Waals surface area contributed by atoms with Crippen molar-refractivity contribution in [2.75, 3.05) is 61.2 Å². The van der Waals surface area contributed by atoms with Crippen molar-refractivity contribution in [3.8, 4) is 0 Å². The molecule has 0 amide bonds. The second-order valence-electron chi connectivity index (χ2n) is 12.9. The molecule has 0 aromatic carbocycles. The average molecular weight is 652 g/mol. The number of phosphoric acid groups is 1. The smallest absolute Gasteiger partial charge is 0.306 e. The van der Waals surface area contributed by atoms with Crippen molar-refractivity contribution in [2.45, 2.75) is 141 Å². The largest absolute Gasteiger partial charge is 0.756 e. The van der Waals surface area contributed by atoms with Crippen LogP contribution in [-0.2, 0) is 37.4 Å². The van der Waals surface area contributed by atoms with Crippen LogP contribution in [0.1, 0.15) is 135 Å². The Morgan fingerprint density at radius 2 is 1.14 bits per heavy atom. The second-order valence-corrected chi connectivity index (χ2v) is 14.3. The second kappa shape index (κ2) is 28.2. The number of hydrogen-bond acceptors (Lipinski definition) is 9. The monoisotopic (exact) mass is 651 g/mol. The molecule has 0 heterocycles. The molecule has 10 nitrogen and oxygen atoms in total. The Bertz CT molecular complexity index is 745. The minimum atomic E-state index is -4.61. The molecule has 0 bridgehead atoms. The van der Waals surface area contributed by atoms with Gasteiger partial charge in [0.25, 0.3) is 7.82 Å². The minimum Gasteiger partial charge on any atom is -0.756 e. The van der Waals surface area contributed by atoms with Gasteiger partial charge in [-0.3, -0.25) is 14.2 Å². The fraction of sp³-hybridized carbons (Fsp3) is 0.939. The van der Waals surface area contributed by atoms with E-state index in [-0.39, 0.29) is 26.1 Å². The fourth-order valence-corrected chi connectivity index (χ4v) is 5.32. The summed E-state index contributed by atoms with van der Waals surface area (Å²) in [7, 11) is 2.82. The van der Waals surface area contributed by atoms with Crippen LogP contribution in [0.15, 0.2) is 0 Å². The molecule has 0 aliphatic carbocycles. The van der Waals surface area contributed by atoms with E-state index >= 15 is 0 Å². The van der Waals surface area contributed by atoms with Crippen molar-refractivity contribution in [3.05, 3.63) is 0 Å². The predicted octanol–water partition coefficient (Wildman–Crippen LogP) is 7.12. The summed E-state index contributed by atoms with van der Waals surface area (Å²) in [6.45, 7) is 2.67. The van der Waals surface area contributed by atoms with E-state index in [1.54, 1.807) is 7.11 Å². The Hall–Kier alpha value is -1.03. The molecule has 262 valence electrons. The van der Waals surface area contributed by atoms with E-state index < -0.39 is 32.5 Å². The van der Waals surface area contributed by atoms with Gasteiger partial charge in [-0.25, -0.2) is 0 Å². The quantitative estimate of drug-likeness (QED) is 0.0324. The summed E-state index contributed by atoms with van der Waals surface area (Å²) in [4.78, 5) is 37.0. The van der Waals surface area contributed by atoms with E-state index in [0.717, 1.165) is 51.6 Å². The summed E-state index contributed by atoms with van der Waals surface area (Å²) in [6.07, 6.45) is 19.8. The van der Waals surface area contributed by atoms with Gasteiger partial charge in [0.15, 0.2) is 6.10 Å². The molecule has 0 aromatic rings. The molecule has 1 unspecified atom stereocenters. The van der Waals surface area contributed by atoms with Gasteiger partial charge in [-0.2, -0.15) is 0 Å². The molecule has 2 atom stereocenters. The molecule has 0 spiro atoms. The maximum atomic E-state index is 12.4. The van der Waals surface area contributed by atoms with Crippen molar-refractivity contribution in [1.29, 1.82) is 0 Å². The van der Waals surface area contributed by atoms with Crippen LogP contribution in [0.4, 0.5) is 0 Å². The van der Waals surface area contributed by atoms with Gasteiger partial charge in [0.2, 0.25) is 0 Å². The number of unbranched alkanes of at least 4 members (excludes halogenated alkanes) is 16. The number of rotatable bonds is 32. The van der Waals surface area contributed by atoms with Gasteiger partial charge >= 0.3 is 11.9 Å². The van der Waals surface area contributed by atoms with Gasteiger partial charge in [-0.15, -0.1) is 0 Å². The summed E-state index contributed by atoms with van der Waals surface area (Å²) in [5, 5.41) is 0. The number of nitrogens with zero attached hydrogens (tertiary/aromatic N) is 1. The summed E-state index contributed by atoms with van der Waals surface area (Å²) >= 11 is 0. The van der Waals surface area contributed by atoms with Crippen molar-refractivity contribution < 1.29 is 46.8 Å². The van der Waals surface area contributed by atoms with Gasteiger partial charge in [-0.1, -0.05) is 103 Å². The van der Waals surface area contributed by atoms with Gasteiger partial charge in [0.1, 0.15) is 19.8 Å². The lowest BCUT2D eigenvalue weighted by molar-refractivity contribution is -0.870. The Morgan fingerprint density at radius 1 is 0.659 bits per heavy atom. The molecule has 0 fully saturated rings. The standard InChI is InChI=1S/C33H66NO9P/c1-6-7-8-9-10-11-12-13-14-15-16-18-21-24-32(35)40-29-31(30-42-44(37,38)41-28-26-34(2,3)4)43-33(36)25-22-19-17-20-23-27-39-5/h31H,6-30H2,1-5H3/t31-/m1/s1. The molecule has 0 saturated heterocycles. The van der Waals surface area contributed by atoms with Crippen LogP contribution in [-0.4, -0.2) is 83.8 Å². The van der Waals surface area contributed by atoms with Crippen LogP contribution in [0.3, 0.4) is 0 Å². The number of phosphoric ester groups is 1. The van der Waals surface area contributed by atoms with E-state index in [2.05, 4.69) is 6.92 Å². The molecule has 0 radical (unpaired) electrons. The number of hydrogen-bond donors (Lipinski definition) is 0. The Morgan fingerprint density at radius 3 is 1.64 bits per heavy atom. The van der Waals surface area contributed by atoms with E-state index in [1.165, 1.54) is 64.2 Å². The van der Waals surface area contributed by atoms with E-state index in [1.807, 2.05) is 21.1 Å². The third kappa shape index (κ3) is 31.0. The van der Waals surface area contributed by atoms with Crippen LogP contribution < -0.4 is 4.89 Å². The summed E-state index contributed by atoms with van der Waals surface area (Å²) in [6, 6.07) is 0. The van der Waals surface area contributed by atoms with Crippen LogP contribution in [0.5, 0.6) is 0 Å². The first kappa shape index (κ1) is 43.0. The van der Waals surface area contributed by atoms with Crippen molar-refractivity contribution >= 4 is 19.8 Å². The normalized spacial score (nSPS) is 13.9. The number of likely N-dealkylation sites (N-methyl/N-ethyl adjacent to an activating group) is 1. The lowest BCUT2D eigenvalue weighted by atomic mass is 10.0. The number of ether oxygens (including phenoxy) is 3. The molecule has 0 aromatic heterocycles. The van der Waals surface area contributed by atoms with E-state index in [4.69, 9.17) is 23.3 Å². The Balaban J connectivity index is 4.39. The van der Waals surface area contributed by atoms with Crippen LogP contribution in [0.25, 0.3) is 0 Å². The lowest BCUT2D eigenvalue weighted by Gasteiger charge is -2.28. The first-order valence-electron chi connectivity index (χ1n) is 17.2. The first-order valence-corrected chi connectivity index (χ1v) is 18.7. The van der Waals surface area contributed by atoms with Gasteiger partial charge in [0, 0.05) is 26.6 Å². The van der Waals surface area contributed by atoms with Crippen LogP contribution >= 0.6 is 7.82 Å². The fourth-order valence-electron chi connectivity index (χ4n) is 4.59. The topological polar surface area (TPSA) is 120 Å². The molecule has 0 aliphatic rings. The molecule has 0 aliphatic heterocycles. The molecule has 11 heteroatoms. The van der Waals surface area contributed by atoms with Gasteiger partial charge < -0.3 is 32.6 Å². The molecule has 0 saturated carbocycles. The van der Waals surface area contributed by atoms with Crippen molar-refractivity contribution in [3.63, 3.8) is 0 Å². The molecule has 44 heavy (non-hydrogen) atoms. The molecular formula is C33H66NO9P. The zero-order valence-electron chi connectivity index (χ0n) is 28.8. The maximum absolute atomic E-state index is 12.4. The highest BCUT2D eigenvalue weighted by molar-refractivity contribution is 7.45. The zero-order chi connectivity index (χ0) is 32.9. The lowest BCUT2D eigenvalue weighted by Crippen LogP contribution is -2.37. The SMILES string of the molecule is CCCCCCCCCCCCCCCC(=O)OC[C@H](COP(=O)([O-])OCC[N+](C)(C)C)OC(=O)CCCCCCCOC. The molecule has 0 rings (SSSR count). The number of carbonyl (C=O) groups is 2. The van der Waals surface area contributed by atoms with Crippen LogP contribution in [0, 0.1) is 0 Å². The summed E-state index contributed by atoms with van der Waals surface area (Å²) in [5.74, 6) is -0.871. The highest BCUT2D eigenvalue weighted by atomic mass is 31.2. The predicted molar refractivity (Wildman–Crippen MR) is 173 cm³/mol. The van der Waals surface area contributed by atoms with E-state index in [0.29, 0.717) is 17.4 Å². The van der Waals surface area contributed by atoms with Gasteiger partial charge in [-0.05, 0) is 19.3 Å². The Labute approximate surface area is 269 Å². The Kier molecular flexibility index (Phi) is 27.6. The van der Waals surface area contributed by atoms with Crippen LogP contribution in [0.2, 0.25) is 0 Å². The minimum absolute atomic E-state index is 0.0345.